The summed E-state index contributed by atoms with van der Waals surface area (Å²) in [7, 11) is 0. The average molecular weight is 275 g/mol. The molecule has 0 aromatic carbocycles. The molecule has 0 saturated heterocycles. The lowest BCUT2D eigenvalue weighted by Gasteiger charge is -2.10. The van der Waals surface area contributed by atoms with Crippen molar-refractivity contribution in [1.82, 2.24) is 15.8 Å². The second-order valence-electron chi connectivity index (χ2n) is 4.17. The molecule has 0 spiro atoms. The minimum atomic E-state index is -0.0566. The number of hydrazine groups is 1. The van der Waals surface area contributed by atoms with Gasteiger partial charge in [0.2, 0.25) is 5.91 Å². The van der Waals surface area contributed by atoms with E-state index in [9.17, 15) is 4.79 Å². The summed E-state index contributed by atoms with van der Waals surface area (Å²) in [5.41, 5.74) is 6.83. The van der Waals surface area contributed by atoms with Gasteiger partial charge in [0.25, 0.3) is 0 Å². The van der Waals surface area contributed by atoms with Crippen molar-refractivity contribution < 1.29 is 4.79 Å². The van der Waals surface area contributed by atoms with Gasteiger partial charge in [0, 0.05) is 12.4 Å². The third-order valence-corrected chi connectivity index (χ3v) is 3.60. The molecule has 1 aromatic heterocycles. The number of hydrogen-bond acceptors (Lipinski definition) is 4. The lowest BCUT2D eigenvalue weighted by Crippen LogP contribution is -2.35. The van der Waals surface area contributed by atoms with Gasteiger partial charge in [-0.05, 0) is 37.0 Å². The Balaban J connectivity index is 1.66. The van der Waals surface area contributed by atoms with Crippen molar-refractivity contribution >= 4 is 17.7 Å². The normalized spacial score (nSPS) is 16.3. The topological polar surface area (TPSA) is 54.0 Å². The van der Waals surface area contributed by atoms with Gasteiger partial charge >= 0.3 is 0 Å². The molecule has 0 saturated carbocycles. The highest BCUT2D eigenvalue weighted by molar-refractivity contribution is 7.99. The first-order valence-corrected chi connectivity index (χ1v) is 7.24. The zero-order valence-electron chi connectivity index (χ0n) is 10.6. The molecule has 1 amide bonds. The minimum absolute atomic E-state index is 0.0566. The van der Waals surface area contributed by atoms with Crippen LogP contribution in [0, 0.1) is 0 Å². The zero-order valence-corrected chi connectivity index (χ0v) is 11.5. The van der Waals surface area contributed by atoms with Crippen molar-refractivity contribution in [1.29, 1.82) is 0 Å². The Hall–Kier alpha value is -1.75. The summed E-state index contributed by atoms with van der Waals surface area (Å²) in [6.07, 6.45) is 11.0. The average Bonchev–Trinajstić information content (AvgIpc) is 2.47. The molecule has 4 nitrogen and oxygen atoms in total. The van der Waals surface area contributed by atoms with Crippen molar-refractivity contribution in [3.63, 3.8) is 0 Å². The van der Waals surface area contributed by atoms with E-state index >= 15 is 0 Å². The first-order valence-electron chi connectivity index (χ1n) is 6.26. The molecule has 1 aliphatic carbocycles. The molecular formula is C14H17N3OS. The molecule has 0 radical (unpaired) electrons. The Morgan fingerprint density at radius 3 is 3.11 bits per heavy atom. The number of amides is 1. The van der Waals surface area contributed by atoms with Crippen molar-refractivity contribution in [3.8, 4) is 0 Å². The van der Waals surface area contributed by atoms with Crippen molar-refractivity contribution in [2.24, 2.45) is 0 Å². The third-order valence-electron chi connectivity index (χ3n) is 2.66. The Bertz CT molecular complexity index is 471. The van der Waals surface area contributed by atoms with Crippen molar-refractivity contribution in [3.05, 3.63) is 48.3 Å². The van der Waals surface area contributed by atoms with E-state index in [-0.39, 0.29) is 5.91 Å². The molecule has 1 aromatic rings. The van der Waals surface area contributed by atoms with Crippen molar-refractivity contribution in [2.45, 2.75) is 24.3 Å². The van der Waals surface area contributed by atoms with Gasteiger partial charge in [0.05, 0.1) is 10.8 Å². The highest BCUT2D eigenvalue weighted by Gasteiger charge is 2.03. The van der Waals surface area contributed by atoms with Crippen LogP contribution in [0.3, 0.4) is 0 Å². The lowest BCUT2D eigenvalue weighted by molar-refractivity contribution is -0.119. The third kappa shape index (κ3) is 5.18. The quantitative estimate of drug-likeness (QED) is 0.492. The van der Waals surface area contributed by atoms with Crippen LogP contribution >= 0.6 is 11.8 Å². The summed E-state index contributed by atoms with van der Waals surface area (Å²) in [4.78, 5) is 15.7. The van der Waals surface area contributed by atoms with Gasteiger partial charge in [-0.2, -0.15) is 0 Å². The number of nitrogens with one attached hydrogen (secondary N) is 2. The smallest absolute Gasteiger partial charge is 0.248 e. The fourth-order valence-electron chi connectivity index (χ4n) is 1.68. The van der Waals surface area contributed by atoms with Crippen LogP contribution in [0.5, 0.6) is 0 Å². The number of carbonyl (C=O) groups excluding carboxylic acids is 1. The minimum Gasteiger partial charge on any atom is -0.306 e. The van der Waals surface area contributed by atoms with Gasteiger partial charge in [0.1, 0.15) is 0 Å². The fourth-order valence-corrected chi connectivity index (χ4v) is 2.34. The molecule has 19 heavy (non-hydrogen) atoms. The summed E-state index contributed by atoms with van der Waals surface area (Å²) in [5, 5.41) is 0.855. The van der Waals surface area contributed by atoms with Crippen LogP contribution in [-0.2, 0) is 4.79 Å². The number of aromatic nitrogens is 1. The summed E-state index contributed by atoms with van der Waals surface area (Å²) in [6.45, 7) is 0. The maximum atomic E-state index is 11.6. The van der Waals surface area contributed by atoms with E-state index < -0.39 is 0 Å². The number of allylic oxidation sites excluding steroid dienone is 3. The number of thioether (sulfide) groups is 1. The van der Waals surface area contributed by atoms with E-state index in [0.29, 0.717) is 5.75 Å². The second-order valence-corrected chi connectivity index (χ2v) is 5.16. The molecule has 2 rings (SSSR count). The maximum absolute atomic E-state index is 11.6. The Morgan fingerprint density at radius 1 is 1.42 bits per heavy atom. The first kappa shape index (κ1) is 13.7. The van der Waals surface area contributed by atoms with Crippen LogP contribution in [0.1, 0.15) is 19.3 Å². The van der Waals surface area contributed by atoms with E-state index in [1.165, 1.54) is 17.3 Å². The summed E-state index contributed by atoms with van der Waals surface area (Å²) < 4.78 is 0. The largest absolute Gasteiger partial charge is 0.306 e. The molecule has 0 aliphatic heterocycles. The maximum Gasteiger partial charge on any atom is 0.248 e. The Morgan fingerprint density at radius 2 is 2.37 bits per heavy atom. The van der Waals surface area contributed by atoms with Crippen LogP contribution in [0.25, 0.3) is 0 Å². The molecule has 1 aliphatic rings. The van der Waals surface area contributed by atoms with Crippen LogP contribution in [0.15, 0.2) is 53.3 Å². The molecule has 0 atom stereocenters. The molecule has 2 N–H and O–H groups in total. The predicted molar refractivity (Wildman–Crippen MR) is 77.3 cm³/mol. The van der Waals surface area contributed by atoms with E-state index in [2.05, 4.69) is 28.0 Å². The predicted octanol–water partition coefficient (Wildman–Crippen LogP) is 2.42. The van der Waals surface area contributed by atoms with Crippen LogP contribution in [0.2, 0.25) is 0 Å². The first-order chi connectivity index (χ1) is 9.34. The molecule has 0 bridgehead atoms. The number of hydrogen-bond donors (Lipinski definition) is 2. The summed E-state index contributed by atoms with van der Waals surface area (Å²) >= 11 is 1.42. The van der Waals surface area contributed by atoms with Gasteiger partial charge in [0.15, 0.2) is 0 Å². The van der Waals surface area contributed by atoms with E-state index in [0.717, 1.165) is 24.3 Å². The highest BCUT2D eigenvalue weighted by atomic mass is 32.2. The van der Waals surface area contributed by atoms with Gasteiger partial charge in [-0.25, -0.2) is 4.98 Å². The van der Waals surface area contributed by atoms with Gasteiger partial charge in [-0.3, -0.25) is 10.2 Å². The van der Waals surface area contributed by atoms with Crippen LogP contribution in [0.4, 0.5) is 0 Å². The molecule has 1 heterocycles. The number of pyridine rings is 1. The molecule has 0 fully saturated rings. The molecular weight excluding hydrogens is 258 g/mol. The molecule has 0 unspecified atom stereocenters. The monoisotopic (exact) mass is 275 g/mol. The molecule has 100 valence electrons. The van der Waals surface area contributed by atoms with Gasteiger partial charge < -0.3 is 5.43 Å². The van der Waals surface area contributed by atoms with E-state index in [4.69, 9.17) is 0 Å². The van der Waals surface area contributed by atoms with Gasteiger partial charge in [-0.15, -0.1) is 0 Å². The fraction of sp³-hybridized carbons (Fsp3) is 0.286. The zero-order chi connectivity index (χ0) is 13.3. The highest BCUT2D eigenvalue weighted by Crippen LogP contribution is 2.15. The van der Waals surface area contributed by atoms with E-state index in [1.807, 2.05) is 24.4 Å². The van der Waals surface area contributed by atoms with Crippen LogP contribution < -0.4 is 10.9 Å². The molecule has 5 heteroatoms. The number of nitrogens with zero attached hydrogens (tertiary/aromatic N) is 1. The Labute approximate surface area is 117 Å². The lowest BCUT2D eigenvalue weighted by atomic mass is 10.0. The van der Waals surface area contributed by atoms with Crippen molar-refractivity contribution in [2.75, 3.05) is 5.75 Å². The van der Waals surface area contributed by atoms with Gasteiger partial charge in [-0.1, -0.05) is 30.0 Å². The second kappa shape index (κ2) is 7.63. The SMILES string of the molecule is O=C(CSc1ccccn1)NNC=C1CC=CCC1. The summed E-state index contributed by atoms with van der Waals surface area (Å²) in [5.74, 6) is 0.298. The standard InChI is InChI=1S/C14H17N3OS/c18-13(11-19-14-8-4-5-9-15-14)17-16-10-12-6-2-1-3-7-12/h1-2,4-5,8-10,16H,3,6-7,11H2,(H,17,18). The van der Waals surface area contributed by atoms with Crippen LogP contribution in [-0.4, -0.2) is 16.6 Å². The van der Waals surface area contributed by atoms with E-state index in [1.54, 1.807) is 6.20 Å². The Kier molecular flexibility index (Phi) is 5.49. The summed E-state index contributed by atoms with van der Waals surface area (Å²) in [6, 6.07) is 5.66. The number of carbonyl (C=O) groups is 1. The number of rotatable bonds is 5.